The number of imide groups is 1. The Morgan fingerprint density at radius 1 is 1.23 bits per heavy atom. The minimum Gasteiger partial charge on any atom is -0.322 e. The Morgan fingerprint density at radius 3 is 2.87 bits per heavy atom. The molecule has 3 amide bonds. The summed E-state index contributed by atoms with van der Waals surface area (Å²) in [5.41, 5.74) is 2.98. The van der Waals surface area contributed by atoms with Crippen molar-refractivity contribution >= 4 is 17.7 Å². The van der Waals surface area contributed by atoms with Gasteiger partial charge < -0.3 is 15.5 Å². The number of likely N-dealkylation sites (tertiary alicyclic amines) is 1. The molecule has 4 aliphatic rings. The molecule has 8 heteroatoms. The maximum Gasteiger partial charge on any atom is 0.255 e. The lowest BCUT2D eigenvalue weighted by Crippen LogP contribution is -2.61. The number of rotatable bonds is 4. The fourth-order valence-corrected chi connectivity index (χ4v) is 5.89. The third kappa shape index (κ3) is 3.56. The second-order valence-electron chi connectivity index (χ2n) is 9.42. The lowest BCUT2D eigenvalue weighted by molar-refractivity contribution is -0.136. The lowest BCUT2D eigenvalue weighted by Gasteiger charge is -2.44. The molecule has 31 heavy (non-hydrogen) atoms. The third-order valence-electron chi connectivity index (χ3n) is 7.70. The summed E-state index contributed by atoms with van der Waals surface area (Å²) >= 11 is 0. The number of nitrogens with one attached hydrogen (secondary N) is 3. The number of likely N-dealkylation sites (N-methyl/N-ethyl adjacent to an activating group) is 1. The smallest absolute Gasteiger partial charge is 0.255 e. The number of hydrogen-bond donors (Lipinski definition) is 3. The number of piperidine rings is 2. The van der Waals surface area contributed by atoms with Crippen LogP contribution in [0.5, 0.6) is 0 Å². The van der Waals surface area contributed by atoms with Crippen molar-refractivity contribution in [2.24, 2.45) is 0 Å². The average molecular weight is 426 g/mol. The average Bonchev–Trinajstić information content (AvgIpc) is 3.24. The zero-order valence-electron chi connectivity index (χ0n) is 18.1. The van der Waals surface area contributed by atoms with E-state index in [1.165, 1.54) is 12.8 Å². The van der Waals surface area contributed by atoms with Crippen molar-refractivity contribution in [3.8, 4) is 0 Å². The summed E-state index contributed by atoms with van der Waals surface area (Å²) in [6, 6.07) is 5.88. The van der Waals surface area contributed by atoms with E-state index in [-0.39, 0.29) is 29.7 Å². The zero-order valence-corrected chi connectivity index (χ0v) is 18.1. The number of carbonyl (C=O) groups is 3. The molecular weight excluding hydrogens is 394 g/mol. The molecule has 1 aromatic carbocycles. The van der Waals surface area contributed by atoms with Crippen LogP contribution in [-0.2, 0) is 22.7 Å². The second kappa shape index (κ2) is 8.00. The molecule has 0 radical (unpaired) electrons. The molecule has 8 nitrogen and oxygen atoms in total. The van der Waals surface area contributed by atoms with Crippen LogP contribution < -0.4 is 16.0 Å². The van der Waals surface area contributed by atoms with Crippen LogP contribution in [0.1, 0.15) is 53.6 Å². The van der Waals surface area contributed by atoms with Gasteiger partial charge >= 0.3 is 0 Å². The maximum absolute atomic E-state index is 12.9. The van der Waals surface area contributed by atoms with Crippen LogP contribution in [0, 0.1) is 0 Å². The first kappa shape index (κ1) is 20.6. The van der Waals surface area contributed by atoms with Crippen molar-refractivity contribution in [1.29, 1.82) is 0 Å². The van der Waals surface area contributed by atoms with Gasteiger partial charge in [0, 0.05) is 49.7 Å². The molecule has 0 saturated carbocycles. The summed E-state index contributed by atoms with van der Waals surface area (Å²) < 4.78 is 0. The highest BCUT2D eigenvalue weighted by Crippen LogP contribution is 2.34. The van der Waals surface area contributed by atoms with Gasteiger partial charge in [0.1, 0.15) is 6.04 Å². The molecule has 1 spiro atoms. The predicted molar refractivity (Wildman–Crippen MR) is 115 cm³/mol. The molecule has 0 aromatic heterocycles. The normalized spacial score (nSPS) is 31.4. The van der Waals surface area contributed by atoms with Gasteiger partial charge in [0.25, 0.3) is 5.91 Å². The van der Waals surface area contributed by atoms with Crippen LogP contribution in [0.25, 0.3) is 0 Å². The van der Waals surface area contributed by atoms with E-state index in [2.05, 4.69) is 34.0 Å². The Balaban J connectivity index is 1.26. The summed E-state index contributed by atoms with van der Waals surface area (Å²) in [6.45, 7) is 4.43. The Hall–Kier alpha value is -2.29. The molecule has 1 aromatic rings. The van der Waals surface area contributed by atoms with Gasteiger partial charge in [-0.05, 0) is 56.5 Å². The molecule has 3 atom stereocenters. The molecule has 3 fully saturated rings. The first-order chi connectivity index (χ1) is 15.0. The monoisotopic (exact) mass is 425 g/mol. The van der Waals surface area contributed by atoms with Crippen molar-refractivity contribution in [2.45, 2.75) is 62.8 Å². The van der Waals surface area contributed by atoms with Crippen LogP contribution in [-0.4, -0.2) is 71.8 Å². The highest BCUT2D eigenvalue weighted by Gasteiger charge is 2.47. The Bertz CT molecular complexity index is 910. The molecular formula is C23H31N5O3. The molecule has 3 N–H and O–H groups in total. The van der Waals surface area contributed by atoms with E-state index in [1.54, 1.807) is 4.90 Å². The molecule has 3 saturated heterocycles. The number of fused-ring (bicyclic) bond motifs is 1. The third-order valence-corrected chi connectivity index (χ3v) is 7.70. The number of amides is 3. The topological polar surface area (TPSA) is 93.8 Å². The van der Waals surface area contributed by atoms with E-state index >= 15 is 0 Å². The number of benzene rings is 1. The summed E-state index contributed by atoms with van der Waals surface area (Å²) in [7, 11) is 2.24. The van der Waals surface area contributed by atoms with Crippen LogP contribution in [0.15, 0.2) is 18.2 Å². The van der Waals surface area contributed by atoms with Crippen molar-refractivity contribution in [3.63, 3.8) is 0 Å². The first-order valence-corrected chi connectivity index (χ1v) is 11.4. The van der Waals surface area contributed by atoms with Crippen LogP contribution >= 0.6 is 0 Å². The van der Waals surface area contributed by atoms with Crippen LogP contribution in [0.2, 0.25) is 0 Å². The fraction of sp³-hybridized carbons (Fsp3) is 0.609. The van der Waals surface area contributed by atoms with Crippen molar-refractivity contribution in [2.75, 3.05) is 26.7 Å². The molecule has 0 bridgehead atoms. The summed E-state index contributed by atoms with van der Waals surface area (Å²) in [6.07, 6.45) is 4.24. The molecule has 3 unspecified atom stereocenters. The maximum atomic E-state index is 12.9. The largest absolute Gasteiger partial charge is 0.322 e. The summed E-state index contributed by atoms with van der Waals surface area (Å²) in [4.78, 5) is 40.7. The molecule has 0 aliphatic carbocycles. The Labute approximate surface area is 182 Å². The number of nitrogens with zero attached hydrogens (tertiary/aromatic N) is 2. The van der Waals surface area contributed by atoms with Gasteiger partial charge in [-0.25, -0.2) is 0 Å². The minimum absolute atomic E-state index is 0.117. The number of carbonyl (C=O) groups excluding carboxylic acids is 3. The van der Waals surface area contributed by atoms with Gasteiger partial charge in [-0.15, -0.1) is 0 Å². The molecule has 166 valence electrons. The Morgan fingerprint density at radius 2 is 2.10 bits per heavy atom. The zero-order chi connectivity index (χ0) is 21.6. The van der Waals surface area contributed by atoms with E-state index in [0.29, 0.717) is 24.6 Å². The Kier molecular flexibility index (Phi) is 5.32. The molecule has 4 heterocycles. The van der Waals surface area contributed by atoms with E-state index in [1.807, 2.05) is 12.1 Å². The van der Waals surface area contributed by atoms with Crippen LogP contribution in [0.4, 0.5) is 0 Å². The fourth-order valence-electron chi connectivity index (χ4n) is 5.89. The SMILES string of the molecule is CN1CCC(NCc2ccc3c(c2)CN(C2CCC(=O)NC2=O)C3=O)C12CCCNC2. The van der Waals surface area contributed by atoms with E-state index in [9.17, 15) is 14.4 Å². The van der Waals surface area contributed by atoms with Crippen molar-refractivity contribution < 1.29 is 14.4 Å². The van der Waals surface area contributed by atoms with Gasteiger partial charge in [-0.3, -0.25) is 24.6 Å². The van der Waals surface area contributed by atoms with Gasteiger partial charge in [0.2, 0.25) is 11.8 Å². The van der Waals surface area contributed by atoms with Crippen molar-refractivity contribution in [3.05, 3.63) is 34.9 Å². The van der Waals surface area contributed by atoms with Gasteiger partial charge in [0.05, 0.1) is 0 Å². The summed E-state index contributed by atoms with van der Waals surface area (Å²) in [5.74, 6) is -0.744. The van der Waals surface area contributed by atoms with E-state index in [4.69, 9.17) is 0 Å². The first-order valence-electron chi connectivity index (χ1n) is 11.4. The van der Waals surface area contributed by atoms with Gasteiger partial charge in [0.15, 0.2) is 0 Å². The van der Waals surface area contributed by atoms with Crippen LogP contribution in [0.3, 0.4) is 0 Å². The predicted octanol–water partition coefficient (Wildman–Crippen LogP) is 0.364. The highest BCUT2D eigenvalue weighted by atomic mass is 16.2. The van der Waals surface area contributed by atoms with Gasteiger partial charge in [-0.2, -0.15) is 0 Å². The number of hydrogen-bond acceptors (Lipinski definition) is 6. The molecule has 4 aliphatic heterocycles. The highest BCUT2D eigenvalue weighted by molar-refractivity contribution is 6.05. The quantitative estimate of drug-likeness (QED) is 0.604. The second-order valence-corrected chi connectivity index (χ2v) is 9.42. The van der Waals surface area contributed by atoms with Crippen molar-refractivity contribution in [1.82, 2.24) is 25.8 Å². The standard InChI is InChI=1S/C23H31N5O3/c1-27-10-7-19(23(27)8-2-9-24-14-23)25-12-15-3-4-17-16(11-15)13-28(22(17)31)18-5-6-20(29)26-21(18)30/h3-4,11,18-19,24-25H,2,5-10,12-14H2,1H3,(H,26,29,30). The van der Waals surface area contributed by atoms with E-state index in [0.717, 1.165) is 43.7 Å². The summed E-state index contributed by atoms with van der Waals surface area (Å²) in [5, 5.41) is 9.73. The molecule has 5 rings (SSSR count). The van der Waals surface area contributed by atoms with E-state index < -0.39 is 6.04 Å². The lowest BCUT2D eigenvalue weighted by atomic mass is 9.83. The van der Waals surface area contributed by atoms with Gasteiger partial charge in [-0.1, -0.05) is 12.1 Å². The minimum atomic E-state index is -0.563.